The molecule has 2 aromatic heterocycles. The van der Waals surface area contributed by atoms with Gasteiger partial charge in [0, 0.05) is 24.5 Å². The number of nitrogens with zero attached hydrogens (tertiary/aromatic N) is 3. The molecule has 8 nitrogen and oxygen atoms in total. The Morgan fingerprint density at radius 1 is 1.19 bits per heavy atom. The lowest BCUT2D eigenvalue weighted by atomic mass is 10.1. The lowest BCUT2D eigenvalue weighted by Gasteiger charge is -2.08. The van der Waals surface area contributed by atoms with Crippen LogP contribution in [0.15, 0.2) is 47.2 Å². The third-order valence-corrected chi connectivity index (χ3v) is 7.38. The summed E-state index contributed by atoms with van der Waals surface area (Å²) in [6, 6.07) is 7.54. The van der Waals surface area contributed by atoms with Gasteiger partial charge < -0.3 is 9.30 Å². The van der Waals surface area contributed by atoms with E-state index in [0.29, 0.717) is 35.7 Å². The van der Waals surface area contributed by atoms with Gasteiger partial charge in [0.15, 0.2) is 4.21 Å². The number of hydrogen-bond acceptors (Lipinski definition) is 7. The van der Waals surface area contributed by atoms with Crippen molar-refractivity contribution in [1.29, 1.82) is 0 Å². The number of aryl methyl sites for hydroxylation is 1. The molecule has 0 bridgehead atoms. The largest absolute Gasteiger partial charge is 0.449 e. The number of thiazole rings is 1. The zero-order valence-electron chi connectivity index (χ0n) is 17.6. The standard InChI is InChI=1S/C21H26N4O4S2/c1-3-5-13-29-21(26)24-31(27,28)20-19(23-18(30-20)6-4-2)17-9-7-16(8-10-17)14-25-12-11-22-15-25/h7-12,15H,3-6,13-14H2,1-2H3,(H,24,26). The maximum absolute atomic E-state index is 12.9. The third-order valence-electron chi connectivity index (χ3n) is 4.45. The van der Waals surface area contributed by atoms with E-state index in [-0.39, 0.29) is 10.8 Å². The van der Waals surface area contributed by atoms with Gasteiger partial charge in [-0.25, -0.2) is 27.9 Å². The molecule has 1 N–H and O–H groups in total. The van der Waals surface area contributed by atoms with E-state index in [9.17, 15) is 13.2 Å². The number of nitrogens with one attached hydrogen (secondary N) is 1. The number of carbonyl (C=O) groups excluding carboxylic acids is 1. The van der Waals surface area contributed by atoms with E-state index in [1.165, 1.54) is 0 Å². The van der Waals surface area contributed by atoms with Crippen LogP contribution < -0.4 is 4.72 Å². The molecule has 0 fully saturated rings. The van der Waals surface area contributed by atoms with Crippen LogP contribution in [0.1, 0.15) is 43.7 Å². The summed E-state index contributed by atoms with van der Waals surface area (Å²) in [5.74, 6) is 0. The Hall–Kier alpha value is -2.72. The lowest BCUT2D eigenvalue weighted by Crippen LogP contribution is -2.31. The summed E-state index contributed by atoms with van der Waals surface area (Å²) in [5.41, 5.74) is 2.07. The van der Waals surface area contributed by atoms with Gasteiger partial charge in [-0.05, 0) is 24.8 Å². The number of aromatic nitrogens is 3. The average Bonchev–Trinajstić information content (AvgIpc) is 3.39. The Bertz CT molecular complexity index is 1090. The van der Waals surface area contributed by atoms with E-state index >= 15 is 0 Å². The molecule has 31 heavy (non-hydrogen) atoms. The summed E-state index contributed by atoms with van der Waals surface area (Å²) >= 11 is 1.08. The first kappa shape index (κ1) is 23.0. The van der Waals surface area contributed by atoms with E-state index < -0.39 is 16.1 Å². The van der Waals surface area contributed by atoms with Crippen molar-refractivity contribution >= 4 is 27.5 Å². The van der Waals surface area contributed by atoms with Crippen LogP contribution in [0.4, 0.5) is 4.79 Å². The van der Waals surface area contributed by atoms with Crippen molar-refractivity contribution < 1.29 is 17.9 Å². The summed E-state index contributed by atoms with van der Waals surface area (Å²) in [5, 5.41) is 0.708. The summed E-state index contributed by atoms with van der Waals surface area (Å²) in [7, 11) is -4.10. The van der Waals surface area contributed by atoms with Crippen molar-refractivity contribution in [3.05, 3.63) is 53.6 Å². The number of benzene rings is 1. The van der Waals surface area contributed by atoms with Gasteiger partial charge in [0.25, 0.3) is 10.0 Å². The van der Waals surface area contributed by atoms with Crippen LogP contribution in [-0.4, -0.2) is 35.7 Å². The maximum atomic E-state index is 12.9. The molecule has 3 aromatic rings. The highest BCUT2D eigenvalue weighted by Crippen LogP contribution is 2.33. The molecule has 166 valence electrons. The molecular formula is C21H26N4O4S2. The SMILES string of the molecule is CCCCOC(=O)NS(=O)(=O)c1sc(CCC)nc1-c1ccc(Cn2ccnc2)cc1. The van der Waals surface area contributed by atoms with E-state index in [4.69, 9.17) is 4.74 Å². The molecule has 1 amide bonds. The second-order valence-electron chi connectivity index (χ2n) is 7.02. The zero-order chi connectivity index (χ0) is 22.3. The minimum atomic E-state index is -4.10. The van der Waals surface area contributed by atoms with E-state index in [1.54, 1.807) is 12.5 Å². The van der Waals surface area contributed by atoms with Crippen molar-refractivity contribution in [2.75, 3.05) is 6.61 Å². The summed E-state index contributed by atoms with van der Waals surface area (Å²) in [6.07, 6.45) is 7.37. The predicted octanol–water partition coefficient (Wildman–Crippen LogP) is 4.22. The monoisotopic (exact) mass is 462 g/mol. The van der Waals surface area contributed by atoms with Gasteiger partial charge in [0.1, 0.15) is 5.69 Å². The van der Waals surface area contributed by atoms with E-state index in [1.807, 2.05) is 53.6 Å². The number of hydrogen-bond donors (Lipinski definition) is 1. The summed E-state index contributed by atoms with van der Waals surface area (Å²) in [4.78, 5) is 20.5. The van der Waals surface area contributed by atoms with Gasteiger partial charge in [-0.3, -0.25) is 0 Å². The molecule has 2 heterocycles. The Morgan fingerprint density at radius 2 is 1.97 bits per heavy atom. The average molecular weight is 463 g/mol. The van der Waals surface area contributed by atoms with Gasteiger partial charge in [0.05, 0.1) is 17.9 Å². The molecule has 0 atom stereocenters. The van der Waals surface area contributed by atoms with Gasteiger partial charge in [-0.1, -0.05) is 44.5 Å². The quantitative estimate of drug-likeness (QED) is 0.453. The number of rotatable bonds is 10. The van der Waals surface area contributed by atoms with Crippen LogP contribution in [0.25, 0.3) is 11.3 Å². The molecule has 0 saturated carbocycles. The highest BCUT2D eigenvalue weighted by molar-refractivity contribution is 7.92. The first-order chi connectivity index (χ1) is 14.9. The highest BCUT2D eigenvalue weighted by atomic mass is 32.2. The number of amides is 1. The second kappa shape index (κ2) is 10.5. The minimum Gasteiger partial charge on any atom is -0.449 e. The number of imidazole rings is 1. The molecule has 0 radical (unpaired) electrons. The molecule has 0 aliphatic carbocycles. The fourth-order valence-corrected chi connectivity index (χ4v) is 5.45. The van der Waals surface area contributed by atoms with Crippen LogP contribution in [0.3, 0.4) is 0 Å². The highest BCUT2D eigenvalue weighted by Gasteiger charge is 2.27. The minimum absolute atomic E-state index is 0.0192. The number of sulfonamides is 1. The first-order valence-corrected chi connectivity index (χ1v) is 12.5. The molecule has 0 aliphatic heterocycles. The topological polar surface area (TPSA) is 103 Å². The van der Waals surface area contributed by atoms with Crippen molar-refractivity contribution in [3.63, 3.8) is 0 Å². The fourth-order valence-electron chi connectivity index (χ4n) is 2.89. The van der Waals surface area contributed by atoms with Crippen molar-refractivity contribution in [1.82, 2.24) is 19.3 Å². The Balaban J connectivity index is 1.85. The van der Waals surface area contributed by atoms with Gasteiger partial charge in [-0.2, -0.15) is 0 Å². The maximum Gasteiger partial charge on any atom is 0.421 e. The smallest absolute Gasteiger partial charge is 0.421 e. The Labute approximate surface area is 186 Å². The molecule has 10 heteroatoms. The third kappa shape index (κ3) is 6.14. The molecular weight excluding hydrogens is 436 g/mol. The lowest BCUT2D eigenvalue weighted by molar-refractivity contribution is 0.151. The molecule has 0 spiro atoms. The predicted molar refractivity (Wildman–Crippen MR) is 119 cm³/mol. The van der Waals surface area contributed by atoms with E-state index in [2.05, 4.69) is 9.97 Å². The first-order valence-electron chi connectivity index (χ1n) is 10.2. The van der Waals surface area contributed by atoms with Gasteiger partial charge in [-0.15, -0.1) is 11.3 Å². The summed E-state index contributed by atoms with van der Waals surface area (Å²) in [6.45, 7) is 4.79. The Kier molecular flexibility index (Phi) is 7.80. The normalized spacial score (nSPS) is 11.4. The molecule has 0 unspecified atom stereocenters. The molecule has 3 rings (SSSR count). The molecule has 1 aromatic carbocycles. The van der Waals surface area contributed by atoms with Crippen LogP contribution >= 0.6 is 11.3 Å². The fraction of sp³-hybridized carbons (Fsp3) is 0.381. The van der Waals surface area contributed by atoms with Gasteiger partial charge in [0.2, 0.25) is 0 Å². The number of ether oxygens (including phenoxy) is 1. The zero-order valence-corrected chi connectivity index (χ0v) is 19.2. The molecule has 0 saturated heterocycles. The molecule has 0 aliphatic rings. The van der Waals surface area contributed by atoms with Crippen molar-refractivity contribution in [3.8, 4) is 11.3 Å². The number of unbranched alkanes of at least 4 members (excludes halogenated alkanes) is 1. The van der Waals surface area contributed by atoms with E-state index in [0.717, 1.165) is 29.7 Å². The van der Waals surface area contributed by atoms with Crippen LogP contribution in [0.5, 0.6) is 0 Å². The van der Waals surface area contributed by atoms with Gasteiger partial charge >= 0.3 is 6.09 Å². The van der Waals surface area contributed by atoms with Crippen LogP contribution in [-0.2, 0) is 27.7 Å². The van der Waals surface area contributed by atoms with Crippen molar-refractivity contribution in [2.24, 2.45) is 0 Å². The van der Waals surface area contributed by atoms with Crippen molar-refractivity contribution in [2.45, 2.75) is 50.3 Å². The van der Waals surface area contributed by atoms with Crippen LogP contribution in [0, 0.1) is 0 Å². The summed E-state index contributed by atoms with van der Waals surface area (Å²) < 4.78 is 34.8. The number of carbonyl (C=O) groups is 1. The van der Waals surface area contributed by atoms with Crippen LogP contribution in [0.2, 0.25) is 0 Å². The second-order valence-corrected chi connectivity index (χ2v) is 9.98. The Morgan fingerprint density at radius 3 is 2.61 bits per heavy atom.